The molecule has 0 heterocycles. The molecule has 0 fully saturated rings. The minimum atomic E-state index is -4.44. The third kappa shape index (κ3) is 26.9. The molecule has 0 saturated carbocycles. The lowest BCUT2D eigenvalue weighted by Gasteiger charge is -2.22. The van der Waals surface area contributed by atoms with E-state index in [0.717, 1.165) is 19.4 Å². The van der Waals surface area contributed by atoms with Gasteiger partial charge in [-0.1, -0.05) is 6.42 Å². The summed E-state index contributed by atoms with van der Waals surface area (Å²) in [6.07, 6.45) is 2.08. The van der Waals surface area contributed by atoms with E-state index in [9.17, 15) is 23.2 Å². The van der Waals surface area contributed by atoms with Crippen LogP contribution in [-0.2, 0) is 87.0 Å². The summed E-state index contributed by atoms with van der Waals surface area (Å²) in [5.41, 5.74) is 0. The van der Waals surface area contributed by atoms with Gasteiger partial charge in [-0.15, -0.1) is 0 Å². The number of hydrogen-bond acceptors (Lipinski definition) is 20. The van der Waals surface area contributed by atoms with E-state index in [2.05, 4.69) is 23.4 Å². The van der Waals surface area contributed by atoms with Crippen molar-refractivity contribution in [3.8, 4) is 0 Å². The van der Waals surface area contributed by atoms with Gasteiger partial charge in [0.2, 0.25) is 0 Å². The highest BCUT2D eigenvalue weighted by Gasteiger charge is 2.29. The van der Waals surface area contributed by atoms with Gasteiger partial charge in [0.1, 0.15) is 0 Å². The summed E-state index contributed by atoms with van der Waals surface area (Å²) < 4.78 is 124. The number of phosphoric acid groups is 4. The van der Waals surface area contributed by atoms with Crippen molar-refractivity contribution < 1.29 is 91.9 Å². The first-order chi connectivity index (χ1) is 23.9. The lowest BCUT2D eigenvalue weighted by atomic mass is 10.0. The van der Waals surface area contributed by atoms with Crippen molar-refractivity contribution >= 4 is 31.3 Å². The summed E-state index contributed by atoms with van der Waals surface area (Å²) in [5.74, 6) is -0.443. The second kappa shape index (κ2) is 30.6. The van der Waals surface area contributed by atoms with Gasteiger partial charge in [-0.3, -0.25) is 49.8 Å². The number of unbranched alkanes of at least 4 members (excludes halogenated alkanes) is 1. The average Bonchev–Trinajstić information content (AvgIpc) is 3.12. The summed E-state index contributed by atoms with van der Waals surface area (Å²) in [6, 6.07) is 0. The van der Waals surface area contributed by atoms with Crippen molar-refractivity contribution in [3.05, 3.63) is 0 Å². The van der Waals surface area contributed by atoms with E-state index in [0.29, 0.717) is 6.42 Å². The maximum absolute atomic E-state index is 12.9. The zero-order chi connectivity index (χ0) is 37.6. The normalized spacial score (nSPS) is 15.6. The molecule has 0 aromatic heterocycles. The lowest BCUT2D eigenvalue weighted by molar-refractivity contribution is 0.0144. The maximum atomic E-state index is 12.9. The van der Waals surface area contributed by atoms with Crippen LogP contribution in [0.1, 0.15) is 19.3 Å². The van der Waals surface area contributed by atoms with Crippen molar-refractivity contribution in [2.24, 2.45) is 5.92 Å². The Balaban J connectivity index is 4.40. The molecule has 0 spiro atoms. The standard InChI is InChI=1S/C25H57NO20P4/c1-26-10-8-7-9-25(23-45-47(27,28)41-19-15-37-11-12-38-16-20-42-48(29,32-2)33-3)24-46-50(31,36-6)44-22-18-40-14-13-39-17-21-43-49(30,34-4)35-5/h25-26H,7-24H2,1-6H3,(H,27,28). The molecule has 50 heavy (non-hydrogen) atoms. The number of ether oxygens (including phenoxy) is 4. The van der Waals surface area contributed by atoms with E-state index in [4.69, 9.17) is 50.6 Å². The zero-order valence-electron chi connectivity index (χ0n) is 29.8. The van der Waals surface area contributed by atoms with Crippen LogP contribution in [0.25, 0.3) is 0 Å². The van der Waals surface area contributed by atoms with Crippen LogP contribution in [0.3, 0.4) is 0 Å². The predicted molar refractivity (Wildman–Crippen MR) is 178 cm³/mol. The second-order valence-electron chi connectivity index (χ2n) is 9.56. The first-order valence-corrected chi connectivity index (χ1v) is 21.5. The lowest BCUT2D eigenvalue weighted by Crippen LogP contribution is -2.18. The molecular formula is C25H57NO20P4. The highest BCUT2D eigenvalue weighted by atomic mass is 31.2. The molecule has 25 heteroatoms. The fourth-order valence-electron chi connectivity index (χ4n) is 3.37. The van der Waals surface area contributed by atoms with Gasteiger partial charge in [-0.2, -0.15) is 0 Å². The van der Waals surface area contributed by atoms with Crippen molar-refractivity contribution in [1.29, 1.82) is 0 Å². The van der Waals surface area contributed by atoms with Crippen LogP contribution in [0.4, 0.5) is 0 Å². The van der Waals surface area contributed by atoms with Crippen LogP contribution in [-0.4, -0.2) is 147 Å². The Kier molecular flexibility index (Phi) is 30.7. The quantitative estimate of drug-likeness (QED) is 0.0665. The Hall–Kier alpha value is 0.240. The largest absolute Gasteiger partial charge is 0.474 e. The van der Waals surface area contributed by atoms with Gasteiger partial charge in [-0.05, 0) is 26.4 Å². The van der Waals surface area contributed by atoms with Crippen molar-refractivity contribution in [2.75, 3.05) is 142 Å². The molecule has 0 rings (SSSR count). The number of rotatable bonds is 38. The van der Waals surface area contributed by atoms with Gasteiger partial charge >= 0.3 is 31.3 Å². The molecule has 0 radical (unpaired) electrons. The van der Waals surface area contributed by atoms with Gasteiger partial charge in [0.05, 0.1) is 92.5 Å². The smallest absolute Gasteiger partial charge is 0.377 e. The van der Waals surface area contributed by atoms with Crippen LogP contribution < -0.4 is 5.32 Å². The van der Waals surface area contributed by atoms with Gasteiger partial charge in [0.15, 0.2) is 0 Å². The second-order valence-corrected chi connectivity index (χ2v) is 16.6. The number of hydrogen-bond donors (Lipinski definition) is 2. The summed E-state index contributed by atoms with van der Waals surface area (Å²) in [6.45, 7) is 1.04. The molecule has 2 N–H and O–H groups in total. The Morgan fingerprint density at radius 1 is 0.480 bits per heavy atom. The fraction of sp³-hybridized carbons (Fsp3) is 1.00. The SMILES string of the molecule is CNCCCCC(COP(=O)(O)OCCOCCOCCOP(=O)(OC)OC)COP(=O)(OC)OCCOCCOCCOP(=O)(OC)OC. The van der Waals surface area contributed by atoms with E-state index in [1.165, 1.54) is 35.5 Å². The molecular weight excluding hydrogens is 758 g/mol. The van der Waals surface area contributed by atoms with Crippen molar-refractivity contribution in [3.63, 3.8) is 0 Å². The minimum Gasteiger partial charge on any atom is -0.377 e. The van der Waals surface area contributed by atoms with Crippen LogP contribution in [0.15, 0.2) is 0 Å². The van der Waals surface area contributed by atoms with E-state index in [1.807, 2.05) is 7.05 Å². The van der Waals surface area contributed by atoms with Crippen LogP contribution >= 0.6 is 31.3 Å². The Morgan fingerprint density at radius 2 is 0.840 bits per heavy atom. The first-order valence-electron chi connectivity index (χ1n) is 15.6. The Bertz CT molecular complexity index is 997. The molecule has 0 aliphatic carbocycles. The average molecular weight is 816 g/mol. The summed E-state index contributed by atoms with van der Waals surface area (Å²) in [7, 11) is -7.71. The van der Waals surface area contributed by atoms with E-state index in [-0.39, 0.29) is 92.5 Å². The number of phosphoric ester groups is 4. The van der Waals surface area contributed by atoms with E-state index in [1.54, 1.807) is 0 Å². The summed E-state index contributed by atoms with van der Waals surface area (Å²) in [5, 5.41) is 3.04. The molecule has 3 unspecified atom stereocenters. The van der Waals surface area contributed by atoms with Crippen LogP contribution in [0, 0.1) is 5.92 Å². The summed E-state index contributed by atoms with van der Waals surface area (Å²) >= 11 is 0. The molecule has 0 aliphatic heterocycles. The molecule has 0 bridgehead atoms. The Morgan fingerprint density at radius 3 is 1.24 bits per heavy atom. The Labute approximate surface area is 295 Å². The minimum absolute atomic E-state index is 0.00938. The van der Waals surface area contributed by atoms with Gasteiger partial charge in [0.25, 0.3) is 0 Å². The first kappa shape index (κ1) is 50.2. The third-order valence-electron chi connectivity index (χ3n) is 6.01. The molecule has 302 valence electrons. The summed E-state index contributed by atoms with van der Waals surface area (Å²) in [4.78, 5) is 10.1. The highest BCUT2D eigenvalue weighted by molar-refractivity contribution is 7.49. The van der Waals surface area contributed by atoms with Gasteiger partial charge < -0.3 is 29.2 Å². The van der Waals surface area contributed by atoms with E-state index < -0.39 is 37.2 Å². The van der Waals surface area contributed by atoms with E-state index >= 15 is 0 Å². The molecule has 3 atom stereocenters. The molecule has 0 saturated heterocycles. The zero-order valence-corrected chi connectivity index (χ0v) is 33.4. The predicted octanol–water partition coefficient (Wildman–Crippen LogP) is 3.82. The van der Waals surface area contributed by atoms with Gasteiger partial charge in [0, 0.05) is 41.5 Å². The van der Waals surface area contributed by atoms with Crippen molar-refractivity contribution in [2.45, 2.75) is 19.3 Å². The molecule has 0 aliphatic rings. The monoisotopic (exact) mass is 815 g/mol. The third-order valence-corrected chi connectivity index (χ3v) is 11.2. The highest BCUT2D eigenvalue weighted by Crippen LogP contribution is 2.50. The maximum Gasteiger partial charge on any atom is 0.474 e. The van der Waals surface area contributed by atoms with Crippen molar-refractivity contribution in [1.82, 2.24) is 5.32 Å². The van der Waals surface area contributed by atoms with Gasteiger partial charge in [-0.25, -0.2) is 18.3 Å². The molecule has 0 aromatic rings. The molecule has 0 aromatic carbocycles. The molecule has 21 nitrogen and oxygen atoms in total. The van der Waals surface area contributed by atoms with Crippen LogP contribution in [0.2, 0.25) is 0 Å². The molecule has 0 amide bonds. The topological polar surface area (TPSA) is 239 Å². The van der Waals surface area contributed by atoms with Crippen LogP contribution in [0.5, 0.6) is 0 Å². The fourth-order valence-corrected chi connectivity index (χ4v) is 6.44. The number of nitrogens with one attached hydrogen (secondary N) is 1.